The van der Waals surface area contributed by atoms with Crippen molar-refractivity contribution in [2.45, 2.75) is 62.8 Å². The first-order valence-electron chi connectivity index (χ1n) is 11.2. The third-order valence-corrected chi connectivity index (χ3v) is 7.62. The van der Waals surface area contributed by atoms with Gasteiger partial charge in [-0.15, -0.1) is 0 Å². The zero-order valence-corrected chi connectivity index (χ0v) is 18.1. The summed E-state index contributed by atoms with van der Waals surface area (Å²) >= 11 is 0. The lowest BCUT2D eigenvalue weighted by Crippen LogP contribution is -2.53. The highest BCUT2D eigenvalue weighted by Crippen LogP contribution is 2.62. The Morgan fingerprint density at radius 2 is 1.94 bits per heavy atom. The fourth-order valence-corrected chi connectivity index (χ4v) is 5.76. The van der Waals surface area contributed by atoms with Crippen LogP contribution in [0, 0.1) is 11.3 Å². The zero-order chi connectivity index (χ0) is 22.7. The number of aliphatic imine (C=N–C) groups is 1. The second kappa shape index (κ2) is 7.37. The molecule has 0 unspecified atom stereocenters. The van der Waals surface area contributed by atoms with E-state index in [1.807, 2.05) is 12.1 Å². The molecule has 0 saturated heterocycles. The van der Waals surface area contributed by atoms with Crippen molar-refractivity contribution < 1.29 is 27.4 Å². The number of hydrogen-bond acceptors (Lipinski definition) is 5. The number of carbonyl (C=O) groups is 1. The molecule has 1 heterocycles. The molecule has 0 aromatic heterocycles. The molecule has 2 N–H and O–H groups in total. The van der Waals surface area contributed by atoms with Gasteiger partial charge in [0.05, 0.1) is 12.7 Å². The van der Waals surface area contributed by atoms with E-state index in [1.54, 1.807) is 13.2 Å². The highest BCUT2D eigenvalue weighted by molar-refractivity contribution is 6.08. The summed E-state index contributed by atoms with van der Waals surface area (Å²) < 4.78 is 51.2. The number of carbonyl (C=O) groups excluding carboxylic acids is 1. The van der Waals surface area contributed by atoms with Crippen LogP contribution in [0.5, 0.6) is 5.75 Å². The Morgan fingerprint density at radius 1 is 1.22 bits per heavy atom. The predicted octanol–water partition coefficient (Wildman–Crippen LogP) is 3.52. The van der Waals surface area contributed by atoms with E-state index in [1.165, 1.54) is 0 Å². The third kappa shape index (κ3) is 3.36. The number of nitrogens with zero attached hydrogens (tertiary/aromatic N) is 2. The topological polar surface area (TPSA) is 77.2 Å². The van der Waals surface area contributed by atoms with Crippen molar-refractivity contribution in [2.75, 3.05) is 20.3 Å². The van der Waals surface area contributed by atoms with Gasteiger partial charge in [-0.3, -0.25) is 9.69 Å². The number of amides is 1. The Bertz CT molecular complexity index is 952. The van der Waals surface area contributed by atoms with Gasteiger partial charge in [-0.1, -0.05) is 6.07 Å². The minimum Gasteiger partial charge on any atom is -0.493 e. The van der Waals surface area contributed by atoms with E-state index in [9.17, 15) is 18.0 Å². The van der Waals surface area contributed by atoms with Crippen molar-refractivity contribution in [3.63, 3.8) is 0 Å². The molecule has 174 valence electrons. The average Bonchev–Trinajstić information content (AvgIpc) is 3.50. The summed E-state index contributed by atoms with van der Waals surface area (Å²) in [5.41, 5.74) is 5.47. The molecule has 1 aromatic rings. The van der Waals surface area contributed by atoms with Crippen molar-refractivity contribution in [1.82, 2.24) is 4.90 Å². The number of halogens is 3. The molecule has 3 aliphatic carbocycles. The summed E-state index contributed by atoms with van der Waals surface area (Å²) in [4.78, 5) is 18.9. The number of methoxy groups -OCH3 is 1. The number of alkyl halides is 3. The summed E-state index contributed by atoms with van der Waals surface area (Å²) in [6, 6.07) is 5.62. The molecule has 5 rings (SSSR count). The van der Waals surface area contributed by atoms with Crippen LogP contribution in [0.1, 0.15) is 49.7 Å². The van der Waals surface area contributed by atoms with E-state index < -0.39 is 29.6 Å². The van der Waals surface area contributed by atoms with E-state index in [0.717, 1.165) is 31.2 Å². The Hall–Kier alpha value is -2.29. The second-order valence-electron chi connectivity index (χ2n) is 9.65. The quantitative estimate of drug-likeness (QED) is 0.743. The van der Waals surface area contributed by atoms with Crippen LogP contribution in [0.2, 0.25) is 0 Å². The fourth-order valence-electron chi connectivity index (χ4n) is 5.76. The number of nitrogens with two attached hydrogens (primary N) is 1. The normalized spacial score (nSPS) is 32.0. The van der Waals surface area contributed by atoms with Crippen molar-refractivity contribution >= 4 is 11.9 Å². The first-order valence-corrected chi connectivity index (χ1v) is 11.2. The number of fused-ring (bicyclic) bond motifs is 3. The second-order valence-corrected chi connectivity index (χ2v) is 9.65. The summed E-state index contributed by atoms with van der Waals surface area (Å²) in [6.07, 6.45) is 1.06. The first kappa shape index (κ1) is 21.6. The van der Waals surface area contributed by atoms with Crippen molar-refractivity contribution in [1.29, 1.82) is 0 Å². The SMILES string of the molecule is COC1CCC2(CC1)Cc1ccc(OCC3CC3)cc1[C@@]21N=C(N)N(CC(F)(F)F)C1=O. The maximum atomic E-state index is 13.8. The molecule has 32 heavy (non-hydrogen) atoms. The maximum Gasteiger partial charge on any atom is 0.406 e. The molecule has 4 aliphatic rings. The van der Waals surface area contributed by atoms with Gasteiger partial charge in [0.1, 0.15) is 12.3 Å². The molecular formula is C23H28F3N3O3. The molecular weight excluding hydrogens is 423 g/mol. The lowest BCUT2D eigenvalue weighted by molar-refractivity contribution is -0.158. The van der Waals surface area contributed by atoms with Gasteiger partial charge in [0.15, 0.2) is 11.5 Å². The largest absolute Gasteiger partial charge is 0.493 e. The molecule has 9 heteroatoms. The van der Waals surface area contributed by atoms with E-state index in [-0.39, 0.29) is 12.1 Å². The summed E-state index contributed by atoms with van der Waals surface area (Å²) in [6.45, 7) is -0.834. The highest BCUT2D eigenvalue weighted by atomic mass is 19.4. The van der Waals surface area contributed by atoms with Gasteiger partial charge in [0.2, 0.25) is 0 Å². The van der Waals surface area contributed by atoms with E-state index >= 15 is 0 Å². The standard InChI is InChI=1S/C23H28F3N3O3/c1-31-16-6-8-21(9-7-16)11-15-4-5-17(32-12-14-2-3-14)10-18(15)23(21)19(30)29(20(27)28-23)13-22(24,25)26/h4-5,10,14,16H,2-3,6-9,11-13H2,1H3,(H2,27,28)/t16?,21?,23-/m0/s1. The Morgan fingerprint density at radius 3 is 2.56 bits per heavy atom. The van der Waals surface area contributed by atoms with Gasteiger partial charge < -0.3 is 15.2 Å². The minimum atomic E-state index is -4.57. The molecule has 1 atom stereocenters. The molecule has 2 saturated carbocycles. The molecule has 2 fully saturated rings. The lowest BCUT2D eigenvalue weighted by atomic mass is 9.61. The molecule has 2 spiro atoms. The van der Waals surface area contributed by atoms with Crippen LogP contribution in [-0.2, 0) is 21.5 Å². The lowest BCUT2D eigenvalue weighted by Gasteiger charge is -2.45. The van der Waals surface area contributed by atoms with Crippen LogP contribution < -0.4 is 10.5 Å². The van der Waals surface area contributed by atoms with Crippen LogP contribution in [0.15, 0.2) is 23.2 Å². The van der Waals surface area contributed by atoms with Crippen LogP contribution in [0.4, 0.5) is 13.2 Å². The fraction of sp³-hybridized carbons (Fsp3) is 0.652. The predicted molar refractivity (Wildman–Crippen MR) is 111 cm³/mol. The van der Waals surface area contributed by atoms with Gasteiger partial charge in [-0.2, -0.15) is 13.2 Å². The number of hydrogen-bond donors (Lipinski definition) is 1. The van der Waals surface area contributed by atoms with E-state index in [2.05, 4.69) is 4.99 Å². The smallest absolute Gasteiger partial charge is 0.406 e. The summed E-state index contributed by atoms with van der Waals surface area (Å²) in [5.74, 6) is 0.129. The molecule has 1 amide bonds. The first-order chi connectivity index (χ1) is 15.2. The number of rotatable bonds is 5. The Labute approximate surface area is 184 Å². The number of guanidine groups is 1. The van der Waals surface area contributed by atoms with Crippen LogP contribution >= 0.6 is 0 Å². The van der Waals surface area contributed by atoms with Crippen molar-refractivity contribution in [2.24, 2.45) is 22.1 Å². The Balaban J connectivity index is 1.57. The van der Waals surface area contributed by atoms with Gasteiger partial charge in [-0.05, 0) is 74.1 Å². The zero-order valence-electron chi connectivity index (χ0n) is 18.1. The number of ether oxygens (including phenoxy) is 2. The monoisotopic (exact) mass is 451 g/mol. The number of benzene rings is 1. The molecule has 0 radical (unpaired) electrons. The van der Waals surface area contributed by atoms with Crippen LogP contribution in [0.25, 0.3) is 0 Å². The minimum absolute atomic E-state index is 0.0722. The molecule has 6 nitrogen and oxygen atoms in total. The highest BCUT2D eigenvalue weighted by Gasteiger charge is 2.67. The van der Waals surface area contributed by atoms with Gasteiger partial charge in [-0.25, -0.2) is 4.99 Å². The van der Waals surface area contributed by atoms with Crippen LogP contribution in [0.3, 0.4) is 0 Å². The molecule has 0 bridgehead atoms. The Kier molecular flexibility index (Phi) is 4.96. The third-order valence-electron chi connectivity index (χ3n) is 7.62. The van der Waals surface area contributed by atoms with Gasteiger partial charge in [0.25, 0.3) is 5.91 Å². The van der Waals surface area contributed by atoms with Crippen LogP contribution in [-0.4, -0.2) is 49.3 Å². The average molecular weight is 451 g/mol. The van der Waals surface area contributed by atoms with Crippen molar-refractivity contribution in [3.8, 4) is 5.75 Å². The summed E-state index contributed by atoms with van der Waals surface area (Å²) in [5, 5.41) is 0. The van der Waals surface area contributed by atoms with Gasteiger partial charge >= 0.3 is 6.18 Å². The van der Waals surface area contributed by atoms with E-state index in [4.69, 9.17) is 15.2 Å². The van der Waals surface area contributed by atoms with E-state index in [0.29, 0.717) is 48.0 Å². The molecule has 1 aliphatic heterocycles. The van der Waals surface area contributed by atoms with Gasteiger partial charge in [0, 0.05) is 12.5 Å². The van der Waals surface area contributed by atoms with Crippen molar-refractivity contribution in [3.05, 3.63) is 29.3 Å². The molecule has 1 aromatic carbocycles. The maximum absolute atomic E-state index is 13.8. The summed E-state index contributed by atoms with van der Waals surface area (Å²) in [7, 11) is 1.66.